The Kier molecular flexibility index (Phi) is 5.16. The molecule has 5 nitrogen and oxygen atoms in total. The summed E-state index contributed by atoms with van der Waals surface area (Å²) in [7, 11) is -3.69. The summed E-state index contributed by atoms with van der Waals surface area (Å²) in [5.74, 6) is -0.356. The fourth-order valence-electron chi connectivity index (χ4n) is 2.84. The van der Waals surface area contributed by atoms with E-state index in [1.807, 2.05) is 27.7 Å². The first-order valence-corrected chi connectivity index (χ1v) is 9.43. The number of hydrogen-bond acceptors (Lipinski definition) is 4. The molecule has 1 saturated heterocycles. The Labute approximate surface area is 138 Å². The van der Waals surface area contributed by atoms with Crippen molar-refractivity contribution >= 4 is 15.7 Å². The topological polar surface area (TPSA) is 63.7 Å². The number of amides is 1. The lowest BCUT2D eigenvalue weighted by atomic mass is 10.1. The van der Waals surface area contributed by atoms with E-state index in [2.05, 4.69) is 0 Å². The lowest BCUT2D eigenvalue weighted by Crippen LogP contribution is -2.52. The molecule has 0 radical (unpaired) electrons. The Morgan fingerprint density at radius 1 is 1.17 bits per heavy atom. The average Bonchev–Trinajstić information content (AvgIpc) is 2.47. The van der Waals surface area contributed by atoms with E-state index in [-0.39, 0.29) is 23.0 Å². The SMILES string of the molecule is Cc1ccc(S(=O)(=O)[C@H](C)C(=O)N2C[C@H](C)O[C@@H](C)C2)cc1C. The third-order valence-electron chi connectivity index (χ3n) is 4.35. The summed E-state index contributed by atoms with van der Waals surface area (Å²) in [5, 5.41) is -1.10. The highest BCUT2D eigenvalue weighted by Gasteiger charge is 2.36. The average molecular weight is 339 g/mol. The molecule has 1 aromatic rings. The molecule has 0 saturated carbocycles. The lowest BCUT2D eigenvalue weighted by molar-refractivity contribution is -0.142. The fourth-order valence-corrected chi connectivity index (χ4v) is 4.26. The number of carbonyl (C=O) groups is 1. The molecule has 6 heteroatoms. The molecule has 0 bridgehead atoms. The number of carbonyl (C=O) groups excluding carboxylic acids is 1. The third kappa shape index (κ3) is 3.75. The van der Waals surface area contributed by atoms with Crippen molar-refractivity contribution in [1.82, 2.24) is 4.90 Å². The van der Waals surface area contributed by atoms with Crippen LogP contribution >= 0.6 is 0 Å². The van der Waals surface area contributed by atoms with Gasteiger partial charge < -0.3 is 9.64 Å². The molecule has 0 unspecified atom stereocenters. The van der Waals surface area contributed by atoms with Crippen LogP contribution in [0.25, 0.3) is 0 Å². The first-order chi connectivity index (χ1) is 10.6. The Hall–Kier alpha value is -1.40. The van der Waals surface area contributed by atoms with Crippen LogP contribution < -0.4 is 0 Å². The van der Waals surface area contributed by atoms with Gasteiger partial charge in [-0.3, -0.25) is 4.79 Å². The van der Waals surface area contributed by atoms with Crippen molar-refractivity contribution < 1.29 is 17.9 Å². The maximum Gasteiger partial charge on any atom is 0.241 e. The molecule has 0 aliphatic carbocycles. The van der Waals surface area contributed by atoms with Gasteiger partial charge in [0.1, 0.15) is 5.25 Å². The molecule has 1 heterocycles. The van der Waals surface area contributed by atoms with Crippen LogP contribution in [0.2, 0.25) is 0 Å². The number of rotatable bonds is 3. The highest BCUT2D eigenvalue weighted by atomic mass is 32.2. The zero-order valence-corrected chi connectivity index (χ0v) is 15.2. The minimum absolute atomic E-state index is 0.0841. The second kappa shape index (κ2) is 6.61. The van der Waals surface area contributed by atoms with Gasteiger partial charge in [0, 0.05) is 13.1 Å². The van der Waals surface area contributed by atoms with Crippen LogP contribution in [0, 0.1) is 13.8 Å². The molecule has 0 N–H and O–H groups in total. The normalized spacial score (nSPS) is 23.6. The first kappa shape index (κ1) is 17.9. The zero-order valence-electron chi connectivity index (χ0n) is 14.4. The number of benzene rings is 1. The number of morpholine rings is 1. The Morgan fingerprint density at radius 2 is 1.74 bits per heavy atom. The van der Waals surface area contributed by atoms with Gasteiger partial charge in [0.25, 0.3) is 0 Å². The van der Waals surface area contributed by atoms with Crippen molar-refractivity contribution in [3.05, 3.63) is 29.3 Å². The third-order valence-corrected chi connectivity index (χ3v) is 6.39. The van der Waals surface area contributed by atoms with Gasteiger partial charge in [-0.2, -0.15) is 0 Å². The molecule has 1 aliphatic heterocycles. The van der Waals surface area contributed by atoms with Crippen molar-refractivity contribution in [2.75, 3.05) is 13.1 Å². The van der Waals surface area contributed by atoms with Gasteiger partial charge in [0.05, 0.1) is 17.1 Å². The highest BCUT2D eigenvalue weighted by molar-refractivity contribution is 7.92. The van der Waals surface area contributed by atoms with Crippen molar-refractivity contribution in [1.29, 1.82) is 0 Å². The van der Waals surface area contributed by atoms with E-state index < -0.39 is 15.1 Å². The van der Waals surface area contributed by atoms with E-state index in [0.717, 1.165) is 11.1 Å². The van der Waals surface area contributed by atoms with Crippen LogP contribution in [0.5, 0.6) is 0 Å². The maximum absolute atomic E-state index is 12.8. The zero-order chi connectivity index (χ0) is 17.4. The van der Waals surface area contributed by atoms with Crippen LogP contribution in [0.1, 0.15) is 31.9 Å². The van der Waals surface area contributed by atoms with Crippen molar-refractivity contribution in [3.63, 3.8) is 0 Å². The first-order valence-electron chi connectivity index (χ1n) is 7.88. The summed E-state index contributed by atoms with van der Waals surface area (Å²) >= 11 is 0. The minimum atomic E-state index is -3.69. The lowest BCUT2D eigenvalue weighted by Gasteiger charge is -2.36. The van der Waals surface area contributed by atoms with E-state index in [4.69, 9.17) is 4.74 Å². The number of sulfone groups is 1. The predicted octanol–water partition coefficient (Wildman–Crippen LogP) is 2.10. The number of nitrogens with zero attached hydrogens (tertiary/aromatic N) is 1. The van der Waals surface area contributed by atoms with Crippen molar-refractivity contribution in [2.24, 2.45) is 0 Å². The van der Waals surface area contributed by atoms with E-state index in [9.17, 15) is 13.2 Å². The molecule has 1 aliphatic rings. The molecule has 2 rings (SSSR count). The van der Waals surface area contributed by atoms with E-state index in [1.54, 1.807) is 23.1 Å². The fraction of sp³-hybridized carbons (Fsp3) is 0.588. The molecular weight excluding hydrogens is 314 g/mol. The Bertz CT molecular complexity index is 689. The quantitative estimate of drug-likeness (QED) is 0.846. The van der Waals surface area contributed by atoms with Gasteiger partial charge in [0.15, 0.2) is 9.84 Å². The molecule has 1 aromatic carbocycles. The number of hydrogen-bond donors (Lipinski definition) is 0. The summed E-state index contributed by atoms with van der Waals surface area (Å²) < 4.78 is 31.1. The number of aryl methyl sites for hydroxylation is 2. The van der Waals surface area contributed by atoms with Crippen molar-refractivity contribution in [2.45, 2.75) is 57.0 Å². The molecule has 0 spiro atoms. The van der Waals surface area contributed by atoms with Gasteiger partial charge in [-0.05, 0) is 57.9 Å². The molecule has 0 aromatic heterocycles. The summed E-state index contributed by atoms with van der Waals surface area (Å²) in [6, 6.07) is 4.99. The van der Waals surface area contributed by atoms with Gasteiger partial charge in [-0.25, -0.2) is 8.42 Å². The van der Waals surface area contributed by atoms with Crippen LogP contribution in [0.4, 0.5) is 0 Å². The smallest absolute Gasteiger partial charge is 0.241 e. The van der Waals surface area contributed by atoms with Crippen LogP contribution in [-0.2, 0) is 19.4 Å². The van der Waals surface area contributed by atoms with Crippen LogP contribution in [0.3, 0.4) is 0 Å². The maximum atomic E-state index is 12.8. The number of ether oxygens (including phenoxy) is 1. The minimum Gasteiger partial charge on any atom is -0.372 e. The molecule has 3 atom stereocenters. The molecular formula is C17H25NO4S. The summed E-state index contributed by atoms with van der Waals surface area (Å²) in [5.41, 5.74) is 1.93. The van der Waals surface area contributed by atoms with Gasteiger partial charge in [-0.15, -0.1) is 0 Å². The van der Waals surface area contributed by atoms with E-state index >= 15 is 0 Å². The van der Waals surface area contributed by atoms with Crippen LogP contribution in [0.15, 0.2) is 23.1 Å². The molecule has 128 valence electrons. The Balaban J connectivity index is 2.25. The van der Waals surface area contributed by atoms with Crippen LogP contribution in [-0.4, -0.2) is 49.8 Å². The van der Waals surface area contributed by atoms with Crippen molar-refractivity contribution in [3.8, 4) is 0 Å². The van der Waals surface area contributed by atoms with E-state index in [0.29, 0.717) is 13.1 Å². The monoisotopic (exact) mass is 339 g/mol. The molecule has 23 heavy (non-hydrogen) atoms. The van der Waals surface area contributed by atoms with Gasteiger partial charge in [0.2, 0.25) is 5.91 Å². The predicted molar refractivity (Wildman–Crippen MR) is 89.2 cm³/mol. The van der Waals surface area contributed by atoms with Gasteiger partial charge in [-0.1, -0.05) is 6.07 Å². The summed E-state index contributed by atoms with van der Waals surface area (Å²) in [4.78, 5) is 14.5. The second-order valence-electron chi connectivity index (χ2n) is 6.43. The molecule has 1 fully saturated rings. The highest BCUT2D eigenvalue weighted by Crippen LogP contribution is 2.22. The molecule has 1 amide bonds. The Morgan fingerprint density at radius 3 is 2.26 bits per heavy atom. The van der Waals surface area contributed by atoms with E-state index in [1.165, 1.54) is 6.92 Å². The van der Waals surface area contributed by atoms with Gasteiger partial charge >= 0.3 is 0 Å². The second-order valence-corrected chi connectivity index (χ2v) is 8.70. The largest absolute Gasteiger partial charge is 0.372 e. The summed E-state index contributed by atoms with van der Waals surface area (Å²) in [6.45, 7) is 9.89. The standard InChI is InChI=1S/C17H25NO4S/c1-11-6-7-16(8-12(11)2)23(20,21)15(5)17(19)18-9-13(3)22-14(4)10-18/h6-8,13-15H,9-10H2,1-5H3/t13-,14-,15+/m0/s1. The summed E-state index contributed by atoms with van der Waals surface area (Å²) in [6.07, 6.45) is -0.168.